The standard InChI is InChI=1S/C20H24N6O5/c21-19(22)23-12-4-7-17(25-20(28)31-13-14-5-2-1-3-6-14)18(27)24-15-8-10-16(11-9-15)26(29)30/h1-3,5-6,8-11,17H,4,7,12-13H2,(H,24,27)(H,25,28)(H4,21,22,23)/t17-/m0/s1. The zero-order valence-corrected chi connectivity index (χ0v) is 16.7. The number of nitro groups is 1. The minimum Gasteiger partial charge on any atom is -0.445 e. The molecule has 0 heterocycles. The molecule has 0 radical (unpaired) electrons. The lowest BCUT2D eigenvalue weighted by Gasteiger charge is -2.18. The van der Waals surface area contributed by atoms with Gasteiger partial charge in [0.15, 0.2) is 5.96 Å². The third-order valence-electron chi connectivity index (χ3n) is 4.15. The second kappa shape index (κ2) is 11.8. The van der Waals surface area contributed by atoms with Crippen LogP contribution in [0.25, 0.3) is 0 Å². The second-order valence-electron chi connectivity index (χ2n) is 6.53. The molecular formula is C20H24N6O5. The largest absolute Gasteiger partial charge is 0.445 e. The first kappa shape index (κ1) is 23.1. The number of alkyl carbamates (subject to hydrolysis) is 1. The lowest BCUT2D eigenvalue weighted by molar-refractivity contribution is -0.384. The lowest BCUT2D eigenvalue weighted by atomic mass is 10.1. The van der Waals surface area contributed by atoms with Crippen molar-refractivity contribution in [3.8, 4) is 0 Å². The van der Waals surface area contributed by atoms with E-state index in [4.69, 9.17) is 15.9 Å². The van der Waals surface area contributed by atoms with Gasteiger partial charge in [-0.3, -0.25) is 20.3 Å². The van der Waals surface area contributed by atoms with Crippen molar-refractivity contribution in [1.82, 2.24) is 10.6 Å². The van der Waals surface area contributed by atoms with Crippen molar-refractivity contribution in [2.75, 3.05) is 11.9 Å². The van der Waals surface area contributed by atoms with Crippen molar-refractivity contribution in [3.05, 3.63) is 70.3 Å². The number of benzene rings is 2. The highest BCUT2D eigenvalue weighted by Crippen LogP contribution is 2.16. The zero-order valence-electron chi connectivity index (χ0n) is 16.7. The maximum absolute atomic E-state index is 12.7. The molecule has 2 rings (SSSR count). The molecule has 0 saturated heterocycles. The number of non-ortho nitro benzene ring substituents is 1. The molecular weight excluding hydrogens is 404 g/mol. The summed E-state index contributed by atoms with van der Waals surface area (Å²) in [5.41, 5.74) is 6.28. The number of nitrogens with zero attached hydrogens (tertiary/aromatic N) is 1. The maximum atomic E-state index is 12.7. The Labute approximate surface area is 178 Å². The normalized spacial score (nSPS) is 11.1. The van der Waals surface area contributed by atoms with Gasteiger partial charge in [-0.2, -0.15) is 0 Å². The number of rotatable bonds is 10. The summed E-state index contributed by atoms with van der Waals surface area (Å²) in [6, 6.07) is 13.5. The minimum atomic E-state index is -0.924. The molecule has 0 spiro atoms. The zero-order chi connectivity index (χ0) is 22.6. The quantitative estimate of drug-likeness (QED) is 0.127. The Hall–Kier alpha value is -4.15. The number of anilines is 1. The Bertz CT molecular complexity index is 904. The summed E-state index contributed by atoms with van der Waals surface area (Å²) in [6.07, 6.45) is -0.0663. The van der Waals surface area contributed by atoms with Gasteiger partial charge in [0.2, 0.25) is 5.91 Å². The molecule has 0 aliphatic heterocycles. The molecule has 11 nitrogen and oxygen atoms in total. The fourth-order valence-corrected chi connectivity index (χ4v) is 2.60. The molecule has 31 heavy (non-hydrogen) atoms. The second-order valence-corrected chi connectivity index (χ2v) is 6.53. The van der Waals surface area contributed by atoms with E-state index in [2.05, 4.69) is 16.0 Å². The average molecular weight is 428 g/mol. The van der Waals surface area contributed by atoms with Crippen LogP contribution in [0, 0.1) is 15.5 Å². The monoisotopic (exact) mass is 428 g/mol. The molecule has 0 aromatic heterocycles. The van der Waals surface area contributed by atoms with Crippen LogP contribution in [0.2, 0.25) is 0 Å². The van der Waals surface area contributed by atoms with Gasteiger partial charge >= 0.3 is 6.09 Å². The SMILES string of the molecule is N=C(N)NCCC[C@H](NC(=O)OCc1ccccc1)C(=O)Nc1ccc([N+](=O)[O-])cc1. The van der Waals surface area contributed by atoms with E-state index >= 15 is 0 Å². The number of hydrogen-bond donors (Lipinski definition) is 5. The molecule has 1 atom stereocenters. The first-order valence-corrected chi connectivity index (χ1v) is 9.45. The fraction of sp³-hybridized carbons (Fsp3) is 0.250. The van der Waals surface area contributed by atoms with Crippen LogP contribution in [-0.4, -0.2) is 35.5 Å². The van der Waals surface area contributed by atoms with E-state index in [-0.39, 0.29) is 24.7 Å². The average Bonchev–Trinajstić information content (AvgIpc) is 2.75. The first-order chi connectivity index (χ1) is 14.8. The third kappa shape index (κ3) is 8.40. The van der Waals surface area contributed by atoms with E-state index in [1.807, 2.05) is 18.2 Å². The third-order valence-corrected chi connectivity index (χ3v) is 4.15. The highest BCUT2D eigenvalue weighted by Gasteiger charge is 2.21. The minimum absolute atomic E-state index is 0.0509. The summed E-state index contributed by atoms with van der Waals surface area (Å²) < 4.78 is 5.17. The lowest BCUT2D eigenvalue weighted by Crippen LogP contribution is -2.44. The Balaban J connectivity index is 1.96. The van der Waals surface area contributed by atoms with Crippen LogP contribution in [0.5, 0.6) is 0 Å². The molecule has 0 saturated carbocycles. The predicted octanol–water partition coefficient (Wildman–Crippen LogP) is 2.09. The molecule has 164 valence electrons. The number of nitrogens with one attached hydrogen (secondary N) is 4. The highest BCUT2D eigenvalue weighted by atomic mass is 16.6. The van der Waals surface area contributed by atoms with Gasteiger partial charge in [-0.1, -0.05) is 30.3 Å². The van der Waals surface area contributed by atoms with E-state index in [9.17, 15) is 19.7 Å². The van der Waals surface area contributed by atoms with Crippen molar-refractivity contribution in [2.24, 2.45) is 5.73 Å². The van der Waals surface area contributed by atoms with Gasteiger partial charge in [0.1, 0.15) is 12.6 Å². The molecule has 2 aromatic rings. The summed E-state index contributed by atoms with van der Waals surface area (Å²) in [6.45, 7) is 0.395. The fourth-order valence-electron chi connectivity index (χ4n) is 2.60. The van der Waals surface area contributed by atoms with Gasteiger partial charge in [-0.05, 0) is 30.5 Å². The Morgan fingerprint density at radius 3 is 2.42 bits per heavy atom. The Morgan fingerprint density at radius 1 is 1.13 bits per heavy atom. The Morgan fingerprint density at radius 2 is 1.81 bits per heavy atom. The number of nitro benzene ring substituents is 1. The molecule has 0 unspecified atom stereocenters. The summed E-state index contributed by atoms with van der Waals surface area (Å²) in [5.74, 6) is -0.699. The molecule has 6 N–H and O–H groups in total. The van der Waals surface area contributed by atoms with Crippen molar-refractivity contribution >= 4 is 29.3 Å². The van der Waals surface area contributed by atoms with Gasteiger partial charge in [-0.25, -0.2) is 4.79 Å². The van der Waals surface area contributed by atoms with Crippen molar-refractivity contribution in [1.29, 1.82) is 5.41 Å². The molecule has 0 aliphatic rings. The number of ether oxygens (including phenoxy) is 1. The van der Waals surface area contributed by atoms with Crippen LogP contribution < -0.4 is 21.7 Å². The smallest absolute Gasteiger partial charge is 0.408 e. The number of guanidine groups is 1. The van der Waals surface area contributed by atoms with Crippen LogP contribution in [0.15, 0.2) is 54.6 Å². The van der Waals surface area contributed by atoms with Crippen molar-refractivity contribution in [2.45, 2.75) is 25.5 Å². The molecule has 2 aromatic carbocycles. The maximum Gasteiger partial charge on any atom is 0.408 e. The number of carbonyl (C=O) groups excluding carboxylic acids is 2. The van der Waals surface area contributed by atoms with E-state index in [1.54, 1.807) is 12.1 Å². The van der Waals surface area contributed by atoms with Crippen molar-refractivity contribution in [3.63, 3.8) is 0 Å². The molecule has 11 heteroatoms. The van der Waals surface area contributed by atoms with Gasteiger partial charge in [0, 0.05) is 24.4 Å². The van der Waals surface area contributed by atoms with E-state index in [1.165, 1.54) is 24.3 Å². The topological polar surface area (TPSA) is 172 Å². The number of amides is 2. The van der Waals surface area contributed by atoms with Crippen LogP contribution in [0.4, 0.5) is 16.2 Å². The molecule has 0 aliphatic carbocycles. The summed E-state index contributed by atoms with van der Waals surface area (Å²) in [4.78, 5) is 35.1. The van der Waals surface area contributed by atoms with Crippen LogP contribution >= 0.6 is 0 Å². The number of hydrogen-bond acceptors (Lipinski definition) is 6. The summed E-state index contributed by atoms with van der Waals surface area (Å²) in [7, 11) is 0. The van der Waals surface area contributed by atoms with Crippen LogP contribution in [0.1, 0.15) is 18.4 Å². The van der Waals surface area contributed by atoms with Crippen LogP contribution in [0.3, 0.4) is 0 Å². The van der Waals surface area contributed by atoms with E-state index < -0.39 is 23.0 Å². The van der Waals surface area contributed by atoms with Gasteiger partial charge in [-0.15, -0.1) is 0 Å². The predicted molar refractivity (Wildman–Crippen MR) is 114 cm³/mol. The van der Waals surface area contributed by atoms with Crippen LogP contribution in [-0.2, 0) is 16.1 Å². The van der Waals surface area contributed by atoms with E-state index in [0.717, 1.165) is 5.56 Å². The van der Waals surface area contributed by atoms with E-state index in [0.29, 0.717) is 18.7 Å². The van der Waals surface area contributed by atoms with Gasteiger partial charge < -0.3 is 26.4 Å². The van der Waals surface area contributed by atoms with Gasteiger partial charge in [0.05, 0.1) is 4.92 Å². The number of nitrogens with two attached hydrogens (primary N) is 1. The molecule has 2 amide bonds. The summed E-state index contributed by atoms with van der Waals surface area (Å²) in [5, 5.41) is 25.7. The molecule has 0 fully saturated rings. The first-order valence-electron chi connectivity index (χ1n) is 9.45. The van der Waals surface area contributed by atoms with Gasteiger partial charge in [0.25, 0.3) is 5.69 Å². The summed E-state index contributed by atoms with van der Waals surface area (Å²) >= 11 is 0. The number of carbonyl (C=O) groups is 2. The van der Waals surface area contributed by atoms with Crippen molar-refractivity contribution < 1.29 is 19.2 Å². The highest BCUT2D eigenvalue weighted by molar-refractivity contribution is 5.96. The molecule has 0 bridgehead atoms. The Kier molecular flexibility index (Phi) is 8.77.